The molecule has 0 aromatic carbocycles. The first-order valence-electron chi connectivity index (χ1n) is 3.40. The van der Waals surface area contributed by atoms with Gasteiger partial charge in [0.05, 0.1) is 12.0 Å². The second-order valence-corrected chi connectivity index (χ2v) is 3.09. The van der Waals surface area contributed by atoms with Crippen LogP contribution in [0.4, 0.5) is 0 Å². The Morgan fingerprint density at radius 3 is 2.45 bits per heavy atom. The van der Waals surface area contributed by atoms with Gasteiger partial charge in [0.2, 0.25) is 0 Å². The summed E-state index contributed by atoms with van der Waals surface area (Å²) in [4.78, 5) is 10.6. The van der Waals surface area contributed by atoms with Crippen molar-refractivity contribution in [2.45, 2.75) is 19.9 Å². The first-order valence-corrected chi connectivity index (χ1v) is 3.40. The van der Waals surface area contributed by atoms with Crippen LogP contribution in [0.1, 0.15) is 13.8 Å². The third-order valence-corrected chi connectivity index (χ3v) is 1.82. The maximum Gasteiger partial charge on any atom is 0.310 e. The van der Waals surface area contributed by atoms with Crippen molar-refractivity contribution >= 4 is 5.97 Å². The second kappa shape index (κ2) is 3.69. The molecule has 11 heavy (non-hydrogen) atoms. The van der Waals surface area contributed by atoms with Crippen molar-refractivity contribution in [3.05, 3.63) is 0 Å². The molecule has 0 aliphatic heterocycles. The first-order chi connectivity index (χ1) is 4.92. The molecule has 0 bridgehead atoms. The lowest BCUT2D eigenvalue weighted by Gasteiger charge is -2.25. The zero-order valence-electron chi connectivity index (χ0n) is 7.13. The van der Waals surface area contributed by atoms with E-state index in [0.29, 0.717) is 0 Å². The maximum atomic E-state index is 10.6. The molecule has 0 rings (SSSR count). The normalized spacial score (nSPS) is 14.5. The molecule has 0 saturated heterocycles. The van der Waals surface area contributed by atoms with Gasteiger partial charge in [-0.05, 0) is 13.8 Å². The van der Waals surface area contributed by atoms with E-state index in [1.165, 1.54) is 7.11 Å². The number of methoxy groups -OCH3 is 1. The van der Waals surface area contributed by atoms with Gasteiger partial charge in [0.25, 0.3) is 0 Å². The lowest BCUT2D eigenvalue weighted by molar-refractivity contribution is -0.148. The molecule has 0 aliphatic rings. The van der Waals surface area contributed by atoms with Crippen LogP contribution in [0.25, 0.3) is 0 Å². The fourth-order valence-corrected chi connectivity index (χ4v) is 0.546. The predicted molar refractivity (Wildman–Crippen MR) is 41.3 cm³/mol. The van der Waals surface area contributed by atoms with E-state index < -0.39 is 17.4 Å². The van der Waals surface area contributed by atoms with Crippen molar-refractivity contribution in [3.8, 4) is 0 Å². The molecule has 1 atom stereocenters. The highest BCUT2D eigenvalue weighted by atomic mass is 16.5. The number of rotatable bonds is 4. The van der Waals surface area contributed by atoms with E-state index in [2.05, 4.69) is 0 Å². The number of carboxylic acid groups (broad SMARTS) is 1. The summed E-state index contributed by atoms with van der Waals surface area (Å²) in [7, 11) is 1.50. The molecule has 0 fully saturated rings. The van der Waals surface area contributed by atoms with Gasteiger partial charge in [0.1, 0.15) is 0 Å². The molecule has 0 aromatic rings. The van der Waals surface area contributed by atoms with E-state index in [-0.39, 0.29) is 6.61 Å². The summed E-state index contributed by atoms with van der Waals surface area (Å²) in [5.41, 5.74) is 4.64. The number of carbonyl (C=O) groups is 1. The molecule has 3 N–H and O–H groups in total. The quantitative estimate of drug-likeness (QED) is 0.612. The van der Waals surface area contributed by atoms with Crippen LogP contribution in [0.5, 0.6) is 0 Å². The average molecular weight is 161 g/mol. The average Bonchev–Trinajstić information content (AvgIpc) is 1.88. The zero-order valence-corrected chi connectivity index (χ0v) is 7.13. The Morgan fingerprint density at radius 2 is 2.18 bits per heavy atom. The predicted octanol–water partition coefficient (Wildman–Crippen LogP) is 0.0709. The Hall–Kier alpha value is -0.610. The summed E-state index contributed by atoms with van der Waals surface area (Å²) in [5.74, 6) is -0.901. The zero-order chi connectivity index (χ0) is 9.07. The van der Waals surface area contributed by atoms with Gasteiger partial charge in [-0.25, -0.2) is 0 Å². The molecule has 4 nitrogen and oxygen atoms in total. The molecule has 4 heteroatoms. The Balaban J connectivity index is 4.17. The highest BCUT2D eigenvalue weighted by Gasteiger charge is 2.34. The molecule has 0 aromatic heterocycles. The van der Waals surface area contributed by atoms with Gasteiger partial charge in [0.15, 0.2) is 0 Å². The maximum absolute atomic E-state index is 10.6. The van der Waals surface area contributed by atoms with Crippen molar-refractivity contribution in [1.82, 2.24) is 0 Å². The Kier molecular flexibility index (Phi) is 3.48. The van der Waals surface area contributed by atoms with Crippen LogP contribution < -0.4 is 5.73 Å². The smallest absolute Gasteiger partial charge is 0.310 e. The van der Waals surface area contributed by atoms with E-state index in [1.54, 1.807) is 13.8 Å². The number of hydrogen-bond acceptors (Lipinski definition) is 3. The number of aliphatic carboxylic acids is 1. The van der Waals surface area contributed by atoms with Gasteiger partial charge in [-0.15, -0.1) is 0 Å². The van der Waals surface area contributed by atoms with Crippen molar-refractivity contribution in [1.29, 1.82) is 0 Å². The largest absolute Gasteiger partial charge is 0.481 e. The molecule has 0 spiro atoms. The third kappa shape index (κ3) is 2.48. The molecule has 0 saturated carbocycles. The van der Waals surface area contributed by atoms with Gasteiger partial charge in [-0.2, -0.15) is 0 Å². The van der Waals surface area contributed by atoms with Crippen LogP contribution in [-0.2, 0) is 9.53 Å². The first kappa shape index (κ1) is 10.4. The highest BCUT2D eigenvalue weighted by Crippen LogP contribution is 2.18. The SMILES string of the molecule is COCC(N)C(C)(C)C(=O)O. The molecular formula is C7H15NO3. The van der Waals surface area contributed by atoms with E-state index >= 15 is 0 Å². The van der Waals surface area contributed by atoms with Crippen LogP contribution in [0, 0.1) is 5.41 Å². The Labute approximate surface area is 66.3 Å². The van der Waals surface area contributed by atoms with Crippen molar-refractivity contribution in [2.24, 2.45) is 11.1 Å². The number of hydrogen-bond donors (Lipinski definition) is 2. The number of carboxylic acids is 1. The lowest BCUT2D eigenvalue weighted by Crippen LogP contribution is -2.46. The molecule has 66 valence electrons. The standard InChI is InChI=1S/C7H15NO3/c1-7(2,6(9)10)5(8)4-11-3/h5H,4,8H2,1-3H3,(H,9,10). The fraction of sp³-hybridized carbons (Fsp3) is 0.857. The van der Waals surface area contributed by atoms with E-state index in [1.807, 2.05) is 0 Å². The minimum atomic E-state index is -0.921. The summed E-state index contributed by atoms with van der Waals surface area (Å²) in [6.45, 7) is 3.43. The van der Waals surface area contributed by atoms with Crippen molar-refractivity contribution < 1.29 is 14.6 Å². The molecule has 0 amide bonds. The van der Waals surface area contributed by atoms with Crippen LogP contribution in [-0.4, -0.2) is 30.8 Å². The Morgan fingerprint density at radius 1 is 1.73 bits per heavy atom. The minimum absolute atomic E-state index is 0.263. The lowest BCUT2D eigenvalue weighted by atomic mass is 9.85. The number of ether oxygens (including phenoxy) is 1. The van der Waals surface area contributed by atoms with Gasteiger partial charge < -0.3 is 15.6 Å². The molecule has 0 radical (unpaired) electrons. The van der Waals surface area contributed by atoms with Crippen molar-refractivity contribution in [3.63, 3.8) is 0 Å². The van der Waals surface area contributed by atoms with Gasteiger partial charge in [-0.3, -0.25) is 4.79 Å². The number of nitrogens with two attached hydrogens (primary N) is 1. The Bertz CT molecular complexity index is 145. The van der Waals surface area contributed by atoms with Crippen LogP contribution >= 0.6 is 0 Å². The second-order valence-electron chi connectivity index (χ2n) is 3.09. The summed E-state index contributed by atoms with van der Waals surface area (Å²) in [6.07, 6.45) is 0. The van der Waals surface area contributed by atoms with Crippen LogP contribution in [0.2, 0.25) is 0 Å². The summed E-state index contributed by atoms with van der Waals surface area (Å²) in [5, 5.41) is 8.70. The van der Waals surface area contributed by atoms with E-state index in [4.69, 9.17) is 15.6 Å². The van der Waals surface area contributed by atoms with E-state index in [0.717, 1.165) is 0 Å². The summed E-state index contributed by atoms with van der Waals surface area (Å²) < 4.78 is 4.75. The highest BCUT2D eigenvalue weighted by molar-refractivity contribution is 5.74. The summed E-state index contributed by atoms with van der Waals surface area (Å²) in [6, 6.07) is -0.468. The molecule has 0 aliphatic carbocycles. The minimum Gasteiger partial charge on any atom is -0.481 e. The summed E-state index contributed by atoms with van der Waals surface area (Å²) >= 11 is 0. The third-order valence-electron chi connectivity index (χ3n) is 1.82. The molecule has 1 unspecified atom stereocenters. The molecule has 0 heterocycles. The molecular weight excluding hydrogens is 146 g/mol. The van der Waals surface area contributed by atoms with Gasteiger partial charge in [-0.1, -0.05) is 0 Å². The van der Waals surface area contributed by atoms with Gasteiger partial charge >= 0.3 is 5.97 Å². The van der Waals surface area contributed by atoms with Gasteiger partial charge in [0, 0.05) is 13.2 Å². The topological polar surface area (TPSA) is 72.5 Å². The fourth-order valence-electron chi connectivity index (χ4n) is 0.546. The van der Waals surface area contributed by atoms with Crippen LogP contribution in [0.15, 0.2) is 0 Å². The monoisotopic (exact) mass is 161 g/mol. The van der Waals surface area contributed by atoms with Crippen molar-refractivity contribution in [2.75, 3.05) is 13.7 Å². The van der Waals surface area contributed by atoms with E-state index in [9.17, 15) is 4.79 Å². The van der Waals surface area contributed by atoms with Crippen LogP contribution in [0.3, 0.4) is 0 Å².